The molecule has 0 unspecified atom stereocenters. The van der Waals surface area contributed by atoms with Gasteiger partial charge >= 0.3 is 0 Å². The minimum atomic E-state index is -0.433. The number of methoxy groups -OCH3 is 1. The number of likely N-dealkylation sites (N-methyl/N-ethyl adjacent to an activating group) is 1. The molecule has 144 valence electrons. The van der Waals surface area contributed by atoms with E-state index in [1.54, 1.807) is 36.4 Å². The van der Waals surface area contributed by atoms with Gasteiger partial charge in [-0.1, -0.05) is 18.2 Å². The normalized spacial score (nSPS) is 11.0. The Morgan fingerprint density at radius 3 is 2.61 bits per heavy atom. The van der Waals surface area contributed by atoms with Crippen molar-refractivity contribution < 1.29 is 18.7 Å². The van der Waals surface area contributed by atoms with Gasteiger partial charge in [0.2, 0.25) is 5.91 Å². The van der Waals surface area contributed by atoms with Crippen LogP contribution in [0.1, 0.15) is 21.6 Å². The predicted octanol–water partition coefficient (Wildman–Crippen LogP) is 2.36. The maximum Gasteiger partial charge on any atom is 0.255 e. The van der Waals surface area contributed by atoms with Gasteiger partial charge in [0, 0.05) is 7.05 Å². The molecule has 3 rings (SSSR count). The summed E-state index contributed by atoms with van der Waals surface area (Å²) < 4.78 is 18.5. The first kappa shape index (κ1) is 19.1. The number of benzene rings is 2. The van der Waals surface area contributed by atoms with Gasteiger partial charge in [0.1, 0.15) is 11.6 Å². The Morgan fingerprint density at radius 1 is 1.18 bits per heavy atom. The van der Waals surface area contributed by atoms with Gasteiger partial charge in [-0.25, -0.2) is 4.39 Å². The van der Waals surface area contributed by atoms with Crippen molar-refractivity contribution in [2.45, 2.75) is 0 Å². The fourth-order valence-electron chi connectivity index (χ4n) is 2.71. The SMILES string of the molecule is CNC(=O)CNC(=O)c1ccc2[nH]nc(/C=C/c3ccc(F)cc3)c2c1OC. The highest BCUT2D eigenvalue weighted by molar-refractivity contribution is 6.06. The van der Waals surface area contributed by atoms with E-state index in [-0.39, 0.29) is 23.8 Å². The molecular formula is C20H19FN4O3. The number of hydrogen-bond donors (Lipinski definition) is 3. The first-order valence-corrected chi connectivity index (χ1v) is 8.51. The monoisotopic (exact) mass is 382 g/mol. The van der Waals surface area contributed by atoms with Crippen LogP contribution in [0.2, 0.25) is 0 Å². The van der Waals surface area contributed by atoms with E-state index in [0.717, 1.165) is 5.56 Å². The number of carbonyl (C=O) groups excluding carboxylic acids is 2. The summed E-state index contributed by atoms with van der Waals surface area (Å²) in [6, 6.07) is 9.36. The molecule has 1 aromatic heterocycles. The first-order valence-electron chi connectivity index (χ1n) is 8.51. The van der Waals surface area contributed by atoms with Crippen LogP contribution in [0.3, 0.4) is 0 Å². The Kier molecular flexibility index (Phi) is 5.69. The van der Waals surface area contributed by atoms with Crippen LogP contribution in [0.4, 0.5) is 4.39 Å². The van der Waals surface area contributed by atoms with E-state index in [9.17, 15) is 14.0 Å². The summed E-state index contributed by atoms with van der Waals surface area (Å²) in [7, 11) is 2.96. The molecule has 3 aromatic rings. The van der Waals surface area contributed by atoms with Crippen molar-refractivity contribution in [2.24, 2.45) is 0 Å². The summed E-state index contributed by atoms with van der Waals surface area (Å²) in [6.45, 7) is -0.140. The number of ether oxygens (including phenoxy) is 1. The van der Waals surface area contributed by atoms with E-state index < -0.39 is 5.91 Å². The lowest BCUT2D eigenvalue weighted by Crippen LogP contribution is -2.35. The van der Waals surface area contributed by atoms with Crippen LogP contribution in [-0.4, -0.2) is 42.7 Å². The Labute approximate surface area is 160 Å². The molecule has 3 N–H and O–H groups in total. The fraction of sp³-hybridized carbons (Fsp3) is 0.150. The second kappa shape index (κ2) is 8.34. The average molecular weight is 382 g/mol. The Hall–Kier alpha value is -3.68. The van der Waals surface area contributed by atoms with Crippen LogP contribution in [0.15, 0.2) is 36.4 Å². The zero-order valence-corrected chi connectivity index (χ0v) is 15.4. The van der Waals surface area contributed by atoms with Gasteiger partial charge in [-0.15, -0.1) is 0 Å². The molecule has 0 bridgehead atoms. The molecule has 2 amide bonds. The summed E-state index contributed by atoms with van der Waals surface area (Å²) in [6.07, 6.45) is 3.54. The Morgan fingerprint density at radius 2 is 1.93 bits per heavy atom. The maximum atomic E-state index is 13.0. The van der Waals surface area contributed by atoms with Gasteiger partial charge in [-0.2, -0.15) is 5.10 Å². The van der Waals surface area contributed by atoms with Crippen molar-refractivity contribution >= 4 is 34.9 Å². The number of aromatic amines is 1. The van der Waals surface area contributed by atoms with Gasteiger partial charge in [0.15, 0.2) is 0 Å². The number of nitrogens with one attached hydrogen (secondary N) is 3. The number of aromatic nitrogens is 2. The number of H-pyrrole nitrogens is 1. The average Bonchev–Trinajstić information content (AvgIpc) is 3.13. The molecule has 1 heterocycles. The molecule has 28 heavy (non-hydrogen) atoms. The zero-order chi connectivity index (χ0) is 20.1. The molecule has 0 spiro atoms. The number of nitrogens with zero attached hydrogens (tertiary/aromatic N) is 1. The third-order valence-electron chi connectivity index (χ3n) is 4.15. The molecule has 0 radical (unpaired) electrons. The highest BCUT2D eigenvalue weighted by Gasteiger charge is 2.19. The summed E-state index contributed by atoms with van der Waals surface area (Å²) in [5, 5.41) is 12.8. The number of amides is 2. The Balaban J connectivity index is 1.95. The minimum Gasteiger partial charge on any atom is -0.495 e. The molecule has 0 aliphatic rings. The van der Waals surface area contributed by atoms with Crippen molar-refractivity contribution in [3.8, 4) is 5.75 Å². The molecule has 0 atom stereocenters. The van der Waals surface area contributed by atoms with E-state index in [1.165, 1.54) is 26.3 Å². The van der Waals surface area contributed by atoms with E-state index in [2.05, 4.69) is 20.8 Å². The van der Waals surface area contributed by atoms with Crippen LogP contribution >= 0.6 is 0 Å². The maximum absolute atomic E-state index is 13.0. The smallest absolute Gasteiger partial charge is 0.255 e. The van der Waals surface area contributed by atoms with Crippen molar-refractivity contribution in [1.29, 1.82) is 0 Å². The third kappa shape index (κ3) is 4.01. The van der Waals surface area contributed by atoms with Crippen molar-refractivity contribution in [1.82, 2.24) is 20.8 Å². The number of fused-ring (bicyclic) bond motifs is 1. The van der Waals surface area contributed by atoms with Crippen LogP contribution in [0.5, 0.6) is 5.75 Å². The first-order chi connectivity index (χ1) is 13.5. The number of carbonyl (C=O) groups is 2. The summed E-state index contributed by atoms with van der Waals surface area (Å²) in [5.74, 6) is -0.701. The summed E-state index contributed by atoms with van der Waals surface area (Å²) in [4.78, 5) is 23.8. The Bertz CT molecular complexity index is 1040. The third-order valence-corrected chi connectivity index (χ3v) is 4.15. The lowest BCUT2D eigenvalue weighted by Gasteiger charge is -2.10. The van der Waals surface area contributed by atoms with Crippen molar-refractivity contribution in [3.63, 3.8) is 0 Å². The second-order valence-electron chi connectivity index (χ2n) is 5.92. The highest BCUT2D eigenvalue weighted by atomic mass is 19.1. The molecule has 0 aliphatic heterocycles. The highest BCUT2D eigenvalue weighted by Crippen LogP contribution is 2.32. The molecule has 7 nitrogen and oxygen atoms in total. The second-order valence-corrected chi connectivity index (χ2v) is 5.92. The van der Waals surface area contributed by atoms with Gasteiger partial charge in [0.25, 0.3) is 5.91 Å². The minimum absolute atomic E-state index is 0.140. The molecule has 8 heteroatoms. The zero-order valence-electron chi connectivity index (χ0n) is 15.4. The topological polar surface area (TPSA) is 96.1 Å². The predicted molar refractivity (Wildman–Crippen MR) is 104 cm³/mol. The van der Waals surface area contributed by atoms with Gasteiger partial charge in [-0.3, -0.25) is 14.7 Å². The van der Waals surface area contributed by atoms with Crippen LogP contribution in [-0.2, 0) is 4.79 Å². The van der Waals surface area contributed by atoms with E-state index in [0.29, 0.717) is 22.3 Å². The lowest BCUT2D eigenvalue weighted by atomic mass is 10.1. The fourth-order valence-corrected chi connectivity index (χ4v) is 2.71. The van der Waals surface area contributed by atoms with Gasteiger partial charge in [0.05, 0.1) is 35.8 Å². The number of rotatable bonds is 6. The van der Waals surface area contributed by atoms with Gasteiger partial charge < -0.3 is 15.4 Å². The van der Waals surface area contributed by atoms with Gasteiger partial charge in [-0.05, 0) is 35.9 Å². The van der Waals surface area contributed by atoms with Crippen LogP contribution in [0, 0.1) is 5.82 Å². The molecular weight excluding hydrogens is 363 g/mol. The van der Waals surface area contributed by atoms with E-state index in [4.69, 9.17) is 4.74 Å². The van der Waals surface area contributed by atoms with Crippen LogP contribution in [0.25, 0.3) is 23.1 Å². The summed E-state index contributed by atoms with van der Waals surface area (Å²) in [5.41, 5.74) is 2.35. The van der Waals surface area contributed by atoms with Crippen molar-refractivity contribution in [3.05, 3.63) is 59.0 Å². The molecule has 2 aromatic carbocycles. The molecule has 0 saturated heterocycles. The quantitative estimate of drug-likeness (QED) is 0.610. The van der Waals surface area contributed by atoms with Crippen LogP contribution < -0.4 is 15.4 Å². The standard InChI is InChI=1S/C20H19FN4O3/c1-22-17(26)11-23-20(27)14-8-10-16-18(19(14)28-2)15(24-25-16)9-5-12-3-6-13(21)7-4-12/h3-10H,11H2,1-2H3,(H,22,26)(H,23,27)(H,24,25)/b9-5+. The van der Waals surface area contributed by atoms with E-state index in [1.807, 2.05) is 0 Å². The van der Waals surface area contributed by atoms with Crippen molar-refractivity contribution in [2.75, 3.05) is 20.7 Å². The number of hydrogen-bond acceptors (Lipinski definition) is 4. The summed E-state index contributed by atoms with van der Waals surface area (Å²) >= 11 is 0. The number of halogens is 1. The largest absolute Gasteiger partial charge is 0.495 e. The molecule has 0 fully saturated rings. The lowest BCUT2D eigenvalue weighted by molar-refractivity contribution is -0.119. The molecule has 0 saturated carbocycles. The molecule has 0 aliphatic carbocycles. The van der Waals surface area contributed by atoms with E-state index >= 15 is 0 Å².